The molecule has 2 N–H and O–H groups in total. The molecule has 0 aliphatic carbocycles. The van der Waals surface area contributed by atoms with Crippen molar-refractivity contribution in [2.75, 3.05) is 18.4 Å². The van der Waals surface area contributed by atoms with Gasteiger partial charge in [0.2, 0.25) is 5.91 Å². The number of rotatable bonds is 3. The first-order chi connectivity index (χ1) is 9.24. The van der Waals surface area contributed by atoms with Crippen LogP contribution < -0.4 is 10.6 Å². The van der Waals surface area contributed by atoms with Gasteiger partial charge in [-0.05, 0) is 37.6 Å². The lowest BCUT2D eigenvalue weighted by Crippen LogP contribution is -2.18. The third kappa shape index (κ3) is 2.73. The predicted molar refractivity (Wildman–Crippen MR) is 78.9 cm³/mol. The van der Waals surface area contributed by atoms with Crippen molar-refractivity contribution < 1.29 is 4.79 Å². The van der Waals surface area contributed by atoms with E-state index in [1.54, 1.807) is 11.6 Å². The zero-order valence-electron chi connectivity index (χ0n) is 10.3. The smallest absolute Gasteiger partial charge is 0.224 e. The lowest BCUT2D eigenvalue weighted by Gasteiger charge is -2.10. The Kier molecular flexibility index (Phi) is 3.68. The van der Waals surface area contributed by atoms with Gasteiger partial charge in [0.05, 0.1) is 20.9 Å². The van der Waals surface area contributed by atoms with Crippen LogP contribution in [0.2, 0.25) is 5.02 Å². The van der Waals surface area contributed by atoms with Crippen LogP contribution in [0.3, 0.4) is 0 Å². The van der Waals surface area contributed by atoms with Gasteiger partial charge in [0, 0.05) is 6.42 Å². The quantitative estimate of drug-likeness (QED) is 0.915. The molecule has 4 nitrogen and oxygen atoms in total. The Morgan fingerprint density at radius 3 is 3.26 bits per heavy atom. The fourth-order valence-electron chi connectivity index (χ4n) is 2.37. The maximum Gasteiger partial charge on any atom is 0.224 e. The van der Waals surface area contributed by atoms with Crippen LogP contribution in [0.4, 0.5) is 5.69 Å². The third-order valence-corrected chi connectivity index (χ3v) is 4.46. The monoisotopic (exact) mass is 295 g/mol. The van der Waals surface area contributed by atoms with Crippen LogP contribution in [0.1, 0.15) is 12.8 Å². The lowest BCUT2D eigenvalue weighted by molar-refractivity contribution is -0.116. The van der Waals surface area contributed by atoms with Gasteiger partial charge in [-0.2, -0.15) is 0 Å². The Morgan fingerprint density at radius 1 is 1.58 bits per heavy atom. The summed E-state index contributed by atoms with van der Waals surface area (Å²) in [5.41, 5.74) is 3.17. The number of nitrogens with zero attached hydrogens (tertiary/aromatic N) is 1. The van der Waals surface area contributed by atoms with Crippen LogP contribution in [-0.2, 0) is 4.79 Å². The molecular weight excluding hydrogens is 282 g/mol. The number of carbonyl (C=O) groups is 1. The largest absolute Gasteiger partial charge is 0.323 e. The fourth-order valence-corrected chi connectivity index (χ4v) is 3.25. The number of carbonyl (C=O) groups excluding carboxylic acids is 1. The lowest BCUT2D eigenvalue weighted by atomic mass is 10.0. The van der Waals surface area contributed by atoms with Gasteiger partial charge in [-0.15, -0.1) is 11.3 Å². The van der Waals surface area contributed by atoms with Crippen LogP contribution in [-0.4, -0.2) is 24.0 Å². The number of amides is 1. The average Bonchev–Trinajstić information content (AvgIpc) is 3.03. The van der Waals surface area contributed by atoms with Crippen molar-refractivity contribution in [1.82, 2.24) is 10.3 Å². The molecule has 0 spiro atoms. The topological polar surface area (TPSA) is 54.0 Å². The number of benzene rings is 1. The highest BCUT2D eigenvalue weighted by atomic mass is 35.5. The maximum atomic E-state index is 12.1. The summed E-state index contributed by atoms with van der Waals surface area (Å²) < 4.78 is 1.03. The van der Waals surface area contributed by atoms with Crippen molar-refractivity contribution in [2.45, 2.75) is 12.8 Å². The Labute approximate surface area is 120 Å². The molecule has 1 aromatic carbocycles. The maximum absolute atomic E-state index is 12.1. The van der Waals surface area contributed by atoms with Crippen molar-refractivity contribution in [1.29, 1.82) is 0 Å². The number of hydrogen-bond acceptors (Lipinski definition) is 4. The Balaban J connectivity index is 1.78. The summed E-state index contributed by atoms with van der Waals surface area (Å²) in [6.45, 7) is 1.92. The zero-order valence-corrected chi connectivity index (χ0v) is 11.9. The summed E-state index contributed by atoms with van der Waals surface area (Å²) in [4.78, 5) is 16.3. The SMILES string of the molecule is O=C(CC1CCNC1)Nc1c(Cl)ccc2scnc12. The standard InChI is InChI=1S/C13H14ClN3OS/c14-9-1-2-10-13(16-7-19-10)12(9)17-11(18)5-8-3-4-15-6-8/h1-2,7-8,15H,3-6H2,(H,17,18). The van der Waals surface area contributed by atoms with Gasteiger partial charge in [-0.3, -0.25) is 4.79 Å². The van der Waals surface area contributed by atoms with E-state index < -0.39 is 0 Å². The molecule has 3 rings (SSSR count). The average molecular weight is 296 g/mol. The van der Waals surface area contributed by atoms with E-state index in [4.69, 9.17) is 11.6 Å². The molecule has 0 saturated carbocycles. The van der Waals surface area contributed by atoms with E-state index in [9.17, 15) is 4.79 Å². The Morgan fingerprint density at radius 2 is 2.47 bits per heavy atom. The fraction of sp³-hybridized carbons (Fsp3) is 0.385. The van der Waals surface area contributed by atoms with Crippen molar-refractivity contribution in [2.24, 2.45) is 5.92 Å². The first-order valence-electron chi connectivity index (χ1n) is 6.26. The van der Waals surface area contributed by atoms with Crippen molar-refractivity contribution in [3.63, 3.8) is 0 Å². The second kappa shape index (κ2) is 5.45. The van der Waals surface area contributed by atoms with Gasteiger partial charge in [-0.1, -0.05) is 11.6 Å². The second-order valence-corrected chi connectivity index (χ2v) is 6.03. The summed E-state index contributed by atoms with van der Waals surface area (Å²) in [6, 6.07) is 3.72. The number of nitrogens with one attached hydrogen (secondary N) is 2. The predicted octanol–water partition coefficient (Wildman–Crippen LogP) is 2.89. The number of anilines is 1. The number of thiazole rings is 1. The molecule has 1 saturated heterocycles. The zero-order chi connectivity index (χ0) is 13.2. The van der Waals surface area contributed by atoms with Gasteiger partial charge < -0.3 is 10.6 Å². The molecule has 1 fully saturated rings. The molecule has 2 heterocycles. The number of fused-ring (bicyclic) bond motifs is 1. The summed E-state index contributed by atoms with van der Waals surface area (Å²) in [6.07, 6.45) is 1.59. The molecule has 2 aromatic rings. The minimum absolute atomic E-state index is 0.0103. The second-order valence-electron chi connectivity index (χ2n) is 4.73. The summed E-state index contributed by atoms with van der Waals surface area (Å²) in [5.74, 6) is 0.435. The highest BCUT2D eigenvalue weighted by Gasteiger charge is 2.19. The molecule has 0 bridgehead atoms. The number of hydrogen-bond donors (Lipinski definition) is 2. The number of halogens is 1. The third-order valence-electron chi connectivity index (χ3n) is 3.35. The summed E-state index contributed by atoms with van der Waals surface area (Å²) in [5, 5.41) is 6.71. The van der Waals surface area contributed by atoms with Crippen molar-refractivity contribution in [3.05, 3.63) is 22.7 Å². The minimum Gasteiger partial charge on any atom is -0.323 e. The summed E-state index contributed by atoms with van der Waals surface area (Å²) >= 11 is 7.70. The molecule has 0 radical (unpaired) electrons. The Bertz CT molecular complexity index is 607. The minimum atomic E-state index is 0.0103. The van der Waals surface area contributed by atoms with Crippen molar-refractivity contribution in [3.8, 4) is 0 Å². The van der Waals surface area contributed by atoms with Gasteiger partial charge in [0.1, 0.15) is 5.52 Å². The van der Waals surface area contributed by atoms with Crippen molar-refractivity contribution >= 4 is 44.7 Å². The van der Waals surface area contributed by atoms with Crippen LogP contribution in [0.15, 0.2) is 17.6 Å². The molecule has 1 aliphatic heterocycles. The van der Waals surface area contributed by atoms with E-state index >= 15 is 0 Å². The van der Waals surface area contributed by atoms with Gasteiger partial charge in [0.25, 0.3) is 0 Å². The van der Waals surface area contributed by atoms with E-state index in [0.29, 0.717) is 23.0 Å². The first-order valence-corrected chi connectivity index (χ1v) is 7.52. The molecule has 1 amide bonds. The molecular formula is C13H14ClN3OS. The van der Waals surface area contributed by atoms with Crippen LogP contribution >= 0.6 is 22.9 Å². The highest BCUT2D eigenvalue weighted by molar-refractivity contribution is 7.16. The molecule has 1 aromatic heterocycles. The number of aromatic nitrogens is 1. The molecule has 1 aliphatic rings. The normalized spacial score (nSPS) is 18.9. The van der Waals surface area contributed by atoms with Gasteiger partial charge >= 0.3 is 0 Å². The van der Waals surface area contributed by atoms with E-state index in [-0.39, 0.29) is 5.91 Å². The van der Waals surface area contributed by atoms with E-state index in [0.717, 1.165) is 29.7 Å². The van der Waals surface area contributed by atoms with Crippen LogP contribution in [0.25, 0.3) is 10.2 Å². The van der Waals surface area contributed by atoms with Gasteiger partial charge in [0.15, 0.2) is 0 Å². The van der Waals surface area contributed by atoms with E-state index in [1.165, 1.54) is 11.3 Å². The molecule has 1 unspecified atom stereocenters. The first kappa shape index (κ1) is 12.8. The molecule has 19 heavy (non-hydrogen) atoms. The molecule has 100 valence electrons. The van der Waals surface area contributed by atoms with Crippen LogP contribution in [0, 0.1) is 5.92 Å². The highest BCUT2D eigenvalue weighted by Crippen LogP contribution is 2.32. The molecule has 6 heteroatoms. The van der Waals surface area contributed by atoms with E-state index in [1.807, 2.05) is 6.07 Å². The summed E-state index contributed by atoms with van der Waals surface area (Å²) in [7, 11) is 0. The molecule has 1 atom stereocenters. The van der Waals surface area contributed by atoms with E-state index in [2.05, 4.69) is 15.6 Å². The van der Waals surface area contributed by atoms with Gasteiger partial charge in [-0.25, -0.2) is 4.98 Å². The Hall–Kier alpha value is -1.17. The van der Waals surface area contributed by atoms with Crippen LogP contribution in [0.5, 0.6) is 0 Å².